The van der Waals surface area contributed by atoms with Crippen molar-refractivity contribution in [3.8, 4) is 35.1 Å². The molecule has 0 fully saturated rings. The lowest BCUT2D eigenvalue weighted by Gasteiger charge is -2.11. The number of carbonyl (C=O) groups excluding carboxylic acids is 1. The molecule has 1 heterocycles. The average molecular weight is 450 g/mol. The molecule has 6 heteroatoms. The monoisotopic (exact) mass is 449 g/mol. The van der Waals surface area contributed by atoms with E-state index in [1.54, 1.807) is 30.5 Å². The molecular formula is C28H23N3O3. The highest BCUT2D eigenvalue weighted by molar-refractivity contribution is 6.07. The number of ether oxygens (including phenoxy) is 2. The van der Waals surface area contributed by atoms with Crippen LogP contribution in [0.2, 0.25) is 0 Å². The van der Waals surface area contributed by atoms with Gasteiger partial charge in [-0.2, -0.15) is 5.10 Å². The fourth-order valence-electron chi connectivity index (χ4n) is 3.46. The number of hydrogen-bond donors (Lipinski definition) is 1. The van der Waals surface area contributed by atoms with Crippen LogP contribution in [0.25, 0.3) is 22.2 Å². The van der Waals surface area contributed by atoms with E-state index in [1.165, 1.54) is 0 Å². The molecule has 168 valence electrons. The molecule has 4 rings (SSSR count). The molecule has 0 unspecified atom stereocenters. The fourth-order valence-corrected chi connectivity index (χ4v) is 3.46. The van der Waals surface area contributed by atoms with E-state index in [0.29, 0.717) is 23.7 Å². The minimum absolute atomic E-state index is 0.147. The van der Waals surface area contributed by atoms with Crippen molar-refractivity contribution < 1.29 is 14.3 Å². The Hall–Kier alpha value is -4.63. The molecule has 0 spiro atoms. The van der Waals surface area contributed by atoms with Gasteiger partial charge in [-0.05, 0) is 42.8 Å². The molecule has 4 aromatic rings. The van der Waals surface area contributed by atoms with Crippen molar-refractivity contribution in [2.45, 2.75) is 6.92 Å². The lowest BCUT2D eigenvalue weighted by atomic mass is 10.0. The Bertz CT molecular complexity index is 1380. The number of pyridine rings is 1. The maximum atomic E-state index is 13.1. The summed E-state index contributed by atoms with van der Waals surface area (Å²) in [5.41, 5.74) is 6.24. The average Bonchev–Trinajstić information content (AvgIpc) is 2.88. The smallest absolute Gasteiger partial charge is 0.272 e. The van der Waals surface area contributed by atoms with Gasteiger partial charge in [0.05, 0.1) is 29.6 Å². The molecule has 0 radical (unpaired) electrons. The second-order valence-electron chi connectivity index (χ2n) is 7.27. The third kappa shape index (κ3) is 5.22. The zero-order valence-electron chi connectivity index (χ0n) is 18.7. The second-order valence-corrected chi connectivity index (χ2v) is 7.27. The molecule has 1 aromatic heterocycles. The molecule has 3 aromatic carbocycles. The van der Waals surface area contributed by atoms with Crippen LogP contribution in [0, 0.1) is 12.3 Å². The molecule has 0 aliphatic heterocycles. The molecule has 6 nitrogen and oxygen atoms in total. The Kier molecular flexibility index (Phi) is 7.16. The summed E-state index contributed by atoms with van der Waals surface area (Å²) in [7, 11) is 0. The van der Waals surface area contributed by atoms with E-state index in [-0.39, 0.29) is 12.5 Å². The first kappa shape index (κ1) is 22.6. The van der Waals surface area contributed by atoms with Gasteiger partial charge < -0.3 is 9.47 Å². The fraction of sp³-hybridized carbons (Fsp3) is 0.107. The van der Waals surface area contributed by atoms with Crippen LogP contribution in [0.4, 0.5) is 0 Å². The highest BCUT2D eigenvalue weighted by Gasteiger charge is 2.13. The van der Waals surface area contributed by atoms with Crippen molar-refractivity contribution in [3.05, 3.63) is 90.0 Å². The van der Waals surface area contributed by atoms with Crippen LogP contribution in [0.15, 0.2) is 84.0 Å². The quantitative estimate of drug-likeness (QED) is 0.231. The lowest BCUT2D eigenvalue weighted by molar-refractivity contribution is 0.0956. The van der Waals surface area contributed by atoms with Gasteiger partial charge in [0.2, 0.25) is 0 Å². The number of benzene rings is 3. The van der Waals surface area contributed by atoms with Crippen LogP contribution < -0.4 is 14.9 Å². The van der Waals surface area contributed by atoms with Crippen LogP contribution in [0.1, 0.15) is 22.8 Å². The zero-order chi connectivity index (χ0) is 23.8. The number of terminal acetylenes is 1. The van der Waals surface area contributed by atoms with E-state index < -0.39 is 0 Å². The molecule has 0 bridgehead atoms. The summed E-state index contributed by atoms with van der Waals surface area (Å²) in [6, 6.07) is 24.4. The van der Waals surface area contributed by atoms with Crippen molar-refractivity contribution in [1.82, 2.24) is 10.4 Å². The molecule has 34 heavy (non-hydrogen) atoms. The summed E-state index contributed by atoms with van der Waals surface area (Å²) in [5.74, 6) is 3.22. The van der Waals surface area contributed by atoms with Gasteiger partial charge in [0, 0.05) is 10.9 Å². The summed E-state index contributed by atoms with van der Waals surface area (Å²) < 4.78 is 11.1. The molecule has 0 aliphatic rings. The topological polar surface area (TPSA) is 72.8 Å². The van der Waals surface area contributed by atoms with Crippen molar-refractivity contribution in [2.75, 3.05) is 13.2 Å². The summed E-state index contributed by atoms with van der Waals surface area (Å²) in [5, 5.41) is 4.90. The van der Waals surface area contributed by atoms with Crippen LogP contribution in [0.3, 0.4) is 0 Å². The number of amides is 1. The van der Waals surface area contributed by atoms with Gasteiger partial charge in [-0.3, -0.25) is 4.79 Å². The van der Waals surface area contributed by atoms with E-state index in [4.69, 9.17) is 20.9 Å². The third-order valence-electron chi connectivity index (χ3n) is 4.99. The van der Waals surface area contributed by atoms with E-state index in [1.807, 2.05) is 61.5 Å². The van der Waals surface area contributed by atoms with Crippen molar-refractivity contribution in [1.29, 1.82) is 0 Å². The first-order valence-electron chi connectivity index (χ1n) is 10.8. The van der Waals surface area contributed by atoms with E-state index in [0.717, 1.165) is 27.7 Å². The Morgan fingerprint density at radius 3 is 2.62 bits per heavy atom. The number of nitrogens with one attached hydrogen (secondary N) is 1. The maximum Gasteiger partial charge on any atom is 0.272 e. The molecule has 0 saturated carbocycles. The Labute approximate surface area is 198 Å². The number of hydrazone groups is 1. The number of fused-ring (bicyclic) bond motifs is 1. The van der Waals surface area contributed by atoms with Gasteiger partial charge in [0.1, 0.15) is 6.61 Å². The molecule has 1 N–H and O–H groups in total. The first-order valence-corrected chi connectivity index (χ1v) is 10.8. The highest BCUT2D eigenvalue weighted by atomic mass is 16.5. The third-order valence-corrected chi connectivity index (χ3v) is 4.99. The van der Waals surface area contributed by atoms with Gasteiger partial charge >= 0.3 is 0 Å². The van der Waals surface area contributed by atoms with Gasteiger partial charge in [-0.1, -0.05) is 54.5 Å². The summed E-state index contributed by atoms with van der Waals surface area (Å²) in [4.78, 5) is 17.8. The normalized spacial score (nSPS) is 10.7. The minimum Gasteiger partial charge on any atom is -0.490 e. The van der Waals surface area contributed by atoms with E-state index >= 15 is 0 Å². The lowest BCUT2D eigenvalue weighted by Crippen LogP contribution is -2.18. The van der Waals surface area contributed by atoms with Gasteiger partial charge in [-0.15, -0.1) is 6.42 Å². The zero-order valence-corrected chi connectivity index (χ0v) is 18.7. The predicted molar refractivity (Wildman–Crippen MR) is 134 cm³/mol. The number of aromatic nitrogens is 1. The molecule has 1 amide bonds. The van der Waals surface area contributed by atoms with E-state index in [2.05, 4.69) is 16.4 Å². The van der Waals surface area contributed by atoms with Crippen LogP contribution in [-0.2, 0) is 0 Å². The summed E-state index contributed by atoms with van der Waals surface area (Å²) in [6.45, 7) is 2.51. The molecular weight excluding hydrogens is 426 g/mol. The van der Waals surface area contributed by atoms with Gasteiger partial charge in [0.15, 0.2) is 11.5 Å². The van der Waals surface area contributed by atoms with Crippen LogP contribution >= 0.6 is 0 Å². The largest absolute Gasteiger partial charge is 0.490 e. The molecule has 0 atom stereocenters. The summed E-state index contributed by atoms with van der Waals surface area (Å²) in [6.07, 6.45) is 6.82. The van der Waals surface area contributed by atoms with Crippen molar-refractivity contribution >= 4 is 23.0 Å². The predicted octanol–water partition coefficient (Wildman–Crippen LogP) is 5.08. The number of rotatable bonds is 8. The molecule has 0 saturated heterocycles. The SMILES string of the molecule is C#CCOc1ccc(/C=N/NC(=O)c2cc(-c3ccccc3)nc3ccccc23)cc1OCC. The highest BCUT2D eigenvalue weighted by Crippen LogP contribution is 2.28. The number of hydrogen-bond acceptors (Lipinski definition) is 5. The second kappa shape index (κ2) is 10.8. The Morgan fingerprint density at radius 1 is 1.03 bits per heavy atom. The minimum atomic E-state index is -0.328. The van der Waals surface area contributed by atoms with Crippen molar-refractivity contribution in [2.24, 2.45) is 5.10 Å². The van der Waals surface area contributed by atoms with E-state index in [9.17, 15) is 4.79 Å². The Balaban J connectivity index is 1.58. The molecule has 0 aliphatic carbocycles. The number of nitrogens with zero attached hydrogens (tertiary/aromatic N) is 2. The van der Waals surface area contributed by atoms with Gasteiger partial charge in [0.25, 0.3) is 5.91 Å². The van der Waals surface area contributed by atoms with Crippen LogP contribution in [-0.4, -0.2) is 30.3 Å². The van der Waals surface area contributed by atoms with Crippen LogP contribution in [0.5, 0.6) is 11.5 Å². The first-order chi connectivity index (χ1) is 16.7. The number of para-hydroxylation sites is 1. The summed E-state index contributed by atoms with van der Waals surface area (Å²) >= 11 is 0. The van der Waals surface area contributed by atoms with Gasteiger partial charge in [-0.25, -0.2) is 10.4 Å². The standard InChI is InChI=1S/C28H23N3O3/c1-3-16-34-26-15-14-20(17-27(26)33-4-2)19-29-31-28(32)23-18-25(21-10-6-5-7-11-21)30-24-13-9-8-12-22(23)24/h1,5-15,17-19H,4,16H2,2H3,(H,31,32)/b29-19+. The van der Waals surface area contributed by atoms with Crippen molar-refractivity contribution in [3.63, 3.8) is 0 Å². The number of carbonyl (C=O) groups is 1. The maximum absolute atomic E-state index is 13.1. The Morgan fingerprint density at radius 2 is 1.82 bits per heavy atom.